The molecule has 1 aliphatic heterocycles. The highest BCUT2D eigenvalue weighted by molar-refractivity contribution is 6.33. The van der Waals surface area contributed by atoms with E-state index in [1.807, 2.05) is 24.3 Å². The van der Waals surface area contributed by atoms with E-state index in [2.05, 4.69) is 10.5 Å². The quantitative estimate of drug-likeness (QED) is 0.822. The van der Waals surface area contributed by atoms with E-state index >= 15 is 0 Å². The lowest BCUT2D eigenvalue weighted by Gasteiger charge is -2.11. The highest BCUT2D eigenvalue weighted by atomic mass is 35.5. The van der Waals surface area contributed by atoms with E-state index < -0.39 is 0 Å². The molecule has 2 heterocycles. The monoisotopic (exact) mass is 234 g/mol. The fraction of sp³-hybridized carbons (Fsp3) is 0.250. The third-order valence-electron chi connectivity index (χ3n) is 2.81. The molecule has 0 atom stereocenters. The Bertz CT molecular complexity index is 521. The summed E-state index contributed by atoms with van der Waals surface area (Å²) in [4.78, 5) is 0. The summed E-state index contributed by atoms with van der Waals surface area (Å²) in [5.41, 5.74) is 2.95. The van der Waals surface area contributed by atoms with Gasteiger partial charge in [-0.25, -0.2) is 0 Å². The van der Waals surface area contributed by atoms with E-state index in [9.17, 15) is 0 Å². The smallest absolute Gasteiger partial charge is 0.228 e. The number of anilines is 1. The van der Waals surface area contributed by atoms with Gasteiger partial charge in [-0.05, 0) is 18.9 Å². The van der Waals surface area contributed by atoms with Crippen LogP contribution in [0.1, 0.15) is 12.0 Å². The molecule has 0 amide bonds. The van der Waals surface area contributed by atoms with Crippen LogP contribution in [0.3, 0.4) is 0 Å². The van der Waals surface area contributed by atoms with Crippen molar-refractivity contribution in [3.63, 3.8) is 0 Å². The lowest BCUT2D eigenvalue weighted by molar-refractivity contribution is 0.431. The van der Waals surface area contributed by atoms with Crippen molar-refractivity contribution < 1.29 is 4.52 Å². The molecule has 16 heavy (non-hydrogen) atoms. The molecule has 0 saturated carbocycles. The van der Waals surface area contributed by atoms with Gasteiger partial charge >= 0.3 is 0 Å². The van der Waals surface area contributed by atoms with Gasteiger partial charge in [0.05, 0.1) is 5.02 Å². The number of benzene rings is 1. The number of hydrogen-bond acceptors (Lipinski definition) is 3. The summed E-state index contributed by atoms with van der Waals surface area (Å²) < 4.78 is 5.28. The zero-order chi connectivity index (χ0) is 11.0. The van der Waals surface area contributed by atoms with Gasteiger partial charge in [0.2, 0.25) is 5.88 Å². The van der Waals surface area contributed by atoms with Crippen LogP contribution in [-0.4, -0.2) is 11.7 Å². The van der Waals surface area contributed by atoms with Crippen molar-refractivity contribution in [1.82, 2.24) is 5.16 Å². The maximum absolute atomic E-state index is 6.16. The lowest BCUT2D eigenvalue weighted by atomic mass is 10.0. The molecule has 3 rings (SSSR count). The molecule has 0 radical (unpaired) electrons. The minimum Gasteiger partial charge on any atom is -0.354 e. The van der Waals surface area contributed by atoms with Crippen LogP contribution in [0.4, 0.5) is 5.88 Å². The van der Waals surface area contributed by atoms with Gasteiger partial charge in [0.15, 0.2) is 0 Å². The molecule has 0 spiro atoms. The maximum Gasteiger partial charge on any atom is 0.228 e. The van der Waals surface area contributed by atoms with Crippen molar-refractivity contribution in [1.29, 1.82) is 0 Å². The minimum atomic E-state index is 0.712. The largest absolute Gasteiger partial charge is 0.354 e. The Morgan fingerprint density at radius 1 is 1.31 bits per heavy atom. The van der Waals surface area contributed by atoms with E-state index in [0.29, 0.717) is 5.02 Å². The molecule has 0 saturated heterocycles. The number of halogens is 1. The van der Waals surface area contributed by atoms with Crippen molar-refractivity contribution in [2.75, 3.05) is 11.9 Å². The predicted octanol–water partition coefficient (Wildman–Crippen LogP) is 3.35. The molecule has 1 aliphatic rings. The number of nitrogens with zero attached hydrogens (tertiary/aromatic N) is 1. The Balaban J connectivity index is 2.13. The van der Waals surface area contributed by atoms with Crippen molar-refractivity contribution in [3.05, 3.63) is 34.9 Å². The topological polar surface area (TPSA) is 38.1 Å². The van der Waals surface area contributed by atoms with Crippen LogP contribution in [-0.2, 0) is 6.42 Å². The Labute approximate surface area is 98.4 Å². The third kappa shape index (κ3) is 1.48. The van der Waals surface area contributed by atoms with Gasteiger partial charge in [-0.3, -0.25) is 0 Å². The SMILES string of the molecule is Clc1ccccc1-c1noc2c1CCCN2. The summed E-state index contributed by atoms with van der Waals surface area (Å²) in [6, 6.07) is 7.71. The van der Waals surface area contributed by atoms with Crippen LogP contribution in [0.5, 0.6) is 0 Å². The molecule has 0 aliphatic carbocycles. The summed E-state index contributed by atoms with van der Waals surface area (Å²) in [6.07, 6.45) is 2.10. The van der Waals surface area contributed by atoms with E-state index in [-0.39, 0.29) is 0 Å². The first-order chi connectivity index (χ1) is 7.86. The van der Waals surface area contributed by atoms with E-state index in [1.165, 1.54) is 0 Å². The summed E-state index contributed by atoms with van der Waals surface area (Å²) in [7, 11) is 0. The number of fused-ring (bicyclic) bond motifs is 1. The molecule has 0 bridgehead atoms. The highest BCUT2D eigenvalue weighted by Gasteiger charge is 2.21. The second-order valence-corrected chi connectivity index (χ2v) is 4.26. The zero-order valence-corrected chi connectivity index (χ0v) is 9.42. The summed E-state index contributed by atoms with van der Waals surface area (Å²) in [5.74, 6) is 0.793. The van der Waals surface area contributed by atoms with Crippen molar-refractivity contribution in [3.8, 4) is 11.3 Å². The maximum atomic E-state index is 6.16. The van der Waals surface area contributed by atoms with Crippen molar-refractivity contribution in [2.24, 2.45) is 0 Å². The van der Waals surface area contributed by atoms with Crippen LogP contribution in [0.15, 0.2) is 28.8 Å². The van der Waals surface area contributed by atoms with E-state index in [4.69, 9.17) is 16.1 Å². The molecule has 1 N–H and O–H groups in total. The van der Waals surface area contributed by atoms with Crippen LogP contribution in [0.25, 0.3) is 11.3 Å². The Kier molecular flexibility index (Phi) is 2.33. The average Bonchev–Trinajstić information content (AvgIpc) is 2.74. The normalized spacial score (nSPS) is 14.3. The average molecular weight is 235 g/mol. The van der Waals surface area contributed by atoms with E-state index in [1.54, 1.807) is 0 Å². The molecule has 1 aromatic heterocycles. The number of nitrogens with one attached hydrogen (secondary N) is 1. The fourth-order valence-corrected chi connectivity index (χ4v) is 2.24. The zero-order valence-electron chi connectivity index (χ0n) is 8.66. The molecule has 3 nitrogen and oxygen atoms in total. The van der Waals surface area contributed by atoms with Gasteiger partial charge < -0.3 is 9.84 Å². The van der Waals surface area contributed by atoms with E-state index in [0.717, 1.165) is 42.1 Å². The molecular formula is C12H11ClN2O. The van der Waals surface area contributed by atoms with Crippen molar-refractivity contribution >= 4 is 17.5 Å². The van der Waals surface area contributed by atoms with Crippen LogP contribution in [0, 0.1) is 0 Å². The highest BCUT2D eigenvalue weighted by Crippen LogP contribution is 2.35. The van der Waals surface area contributed by atoms with Crippen molar-refractivity contribution in [2.45, 2.75) is 12.8 Å². The lowest BCUT2D eigenvalue weighted by Crippen LogP contribution is -2.10. The molecule has 0 unspecified atom stereocenters. The predicted molar refractivity (Wildman–Crippen MR) is 63.8 cm³/mol. The molecular weight excluding hydrogens is 224 g/mol. The molecule has 2 aromatic rings. The Morgan fingerprint density at radius 2 is 2.19 bits per heavy atom. The van der Waals surface area contributed by atoms with Gasteiger partial charge in [0.1, 0.15) is 5.69 Å². The minimum absolute atomic E-state index is 0.712. The molecule has 0 fully saturated rings. The number of hydrogen-bond donors (Lipinski definition) is 1. The second-order valence-electron chi connectivity index (χ2n) is 3.85. The Morgan fingerprint density at radius 3 is 3.06 bits per heavy atom. The standard InChI is InChI=1S/C12H11ClN2O/c13-10-6-2-1-4-8(10)11-9-5-3-7-14-12(9)16-15-11/h1-2,4,6,14H,3,5,7H2. The number of rotatable bonds is 1. The first kappa shape index (κ1) is 9.73. The summed E-state index contributed by atoms with van der Waals surface area (Å²) in [5, 5.41) is 8.02. The van der Waals surface area contributed by atoms with Gasteiger partial charge in [-0.2, -0.15) is 0 Å². The Hall–Kier alpha value is -1.48. The van der Waals surface area contributed by atoms with Crippen LogP contribution in [0.2, 0.25) is 5.02 Å². The fourth-order valence-electron chi connectivity index (χ4n) is 2.01. The molecule has 4 heteroatoms. The van der Waals surface area contributed by atoms with Gasteiger partial charge in [-0.1, -0.05) is 35.0 Å². The molecule has 1 aromatic carbocycles. The van der Waals surface area contributed by atoms with Gasteiger partial charge in [0.25, 0.3) is 0 Å². The third-order valence-corrected chi connectivity index (χ3v) is 3.14. The first-order valence-electron chi connectivity index (χ1n) is 5.33. The summed E-state index contributed by atoms with van der Waals surface area (Å²) >= 11 is 6.16. The number of aromatic nitrogens is 1. The second kappa shape index (κ2) is 3.83. The van der Waals surface area contributed by atoms with Crippen LogP contribution < -0.4 is 5.32 Å². The summed E-state index contributed by atoms with van der Waals surface area (Å²) in [6.45, 7) is 0.949. The van der Waals surface area contributed by atoms with Gasteiger partial charge in [0, 0.05) is 17.7 Å². The van der Waals surface area contributed by atoms with Gasteiger partial charge in [-0.15, -0.1) is 0 Å². The van der Waals surface area contributed by atoms with Crippen LogP contribution >= 0.6 is 11.6 Å². The first-order valence-corrected chi connectivity index (χ1v) is 5.71. The molecule has 82 valence electrons.